The third kappa shape index (κ3) is 5.20. The van der Waals surface area contributed by atoms with Crippen molar-refractivity contribution < 1.29 is 4.79 Å². The number of amides is 1. The third-order valence-electron chi connectivity index (χ3n) is 7.02. The highest BCUT2D eigenvalue weighted by Crippen LogP contribution is 2.25. The molecule has 5 heterocycles. The van der Waals surface area contributed by atoms with Gasteiger partial charge in [0.2, 0.25) is 0 Å². The summed E-state index contributed by atoms with van der Waals surface area (Å²) in [5, 5.41) is 5.20. The number of hydrogen-bond donors (Lipinski definition) is 1. The summed E-state index contributed by atoms with van der Waals surface area (Å²) in [5.41, 5.74) is 11.8. The van der Waals surface area contributed by atoms with Gasteiger partial charge >= 0.3 is 0 Å². The molecular weight excluding hydrogens is 486 g/mol. The second kappa shape index (κ2) is 10.4. The van der Waals surface area contributed by atoms with E-state index in [2.05, 4.69) is 26.9 Å². The summed E-state index contributed by atoms with van der Waals surface area (Å²) in [7, 11) is 1.88. The standard InChI is InChI=1S/C31H27N7O/c1-37-20-25(19-35-37)28-18-29-26(3-2-13-33-29)27(36-28)9-4-21-11-15-38(16-12-21)31(39)23-7-5-22(6-8-23)24-10-14-34-30(32)17-24/h2-3,5-8,10,13-14,17-21H,11-12,15-16H2,1H3,(H2,32,34). The first-order valence-electron chi connectivity index (χ1n) is 12.9. The van der Waals surface area contributed by atoms with E-state index < -0.39 is 0 Å². The zero-order valence-corrected chi connectivity index (χ0v) is 21.6. The number of hydrogen-bond acceptors (Lipinski definition) is 6. The number of fused-ring (bicyclic) bond motifs is 1. The third-order valence-corrected chi connectivity index (χ3v) is 7.02. The van der Waals surface area contributed by atoms with Gasteiger partial charge in [0.25, 0.3) is 5.91 Å². The predicted octanol–water partition coefficient (Wildman–Crippen LogP) is 4.58. The number of aromatic nitrogens is 5. The van der Waals surface area contributed by atoms with Crippen molar-refractivity contribution in [1.82, 2.24) is 29.6 Å². The molecule has 192 valence electrons. The second-order valence-corrected chi connectivity index (χ2v) is 9.71. The lowest BCUT2D eigenvalue weighted by Crippen LogP contribution is -2.38. The van der Waals surface area contributed by atoms with Gasteiger partial charge in [-0.25, -0.2) is 9.97 Å². The molecule has 1 aliphatic rings. The lowest BCUT2D eigenvalue weighted by atomic mass is 9.96. The Morgan fingerprint density at radius 1 is 0.974 bits per heavy atom. The van der Waals surface area contributed by atoms with Gasteiger partial charge in [-0.2, -0.15) is 5.10 Å². The minimum absolute atomic E-state index is 0.0464. The summed E-state index contributed by atoms with van der Waals surface area (Å²) >= 11 is 0. The minimum Gasteiger partial charge on any atom is -0.384 e. The van der Waals surface area contributed by atoms with Crippen LogP contribution >= 0.6 is 0 Å². The van der Waals surface area contributed by atoms with Crippen LogP contribution < -0.4 is 5.73 Å². The Morgan fingerprint density at radius 2 is 1.79 bits per heavy atom. The Hall–Kier alpha value is -5.03. The van der Waals surface area contributed by atoms with Crippen molar-refractivity contribution >= 4 is 22.6 Å². The molecule has 0 bridgehead atoms. The zero-order valence-electron chi connectivity index (χ0n) is 21.6. The first-order valence-corrected chi connectivity index (χ1v) is 12.9. The van der Waals surface area contributed by atoms with Crippen molar-refractivity contribution in [3.63, 3.8) is 0 Å². The van der Waals surface area contributed by atoms with E-state index in [0.29, 0.717) is 30.2 Å². The van der Waals surface area contributed by atoms with E-state index in [-0.39, 0.29) is 11.8 Å². The minimum atomic E-state index is 0.0464. The number of pyridine rings is 3. The van der Waals surface area contributed by atoms with Gasteiger partial charge in [0.15, 0.2) is 0 Å². The van der Waals surface area contributed by atoms with E-state index in [1.54, 1.807) is 23.3 Å². The first-order chi connectivity index (χ1) is 19.0. The molecule has 8 nitrogen and oxygen atoms in total. The Morgan fingerprint density at radius 3 is 2.54 bits per heavy atom. The summed E-state index contributed by atoms with van der Waals surface area (Å²) in [5.74, 6) is 7.48. The van der Waals surface area contributed by atoms with E-state index in [9.17, 15) is 4.79 Å². The zero-order chi connectivity index (χ0) is 26.8. The summed E-state index contributed by atoms with van der Waals surface area (Å²) in [6.45, 7) is 1.35. The molecule has 1 fully saturated rings. The van der Waals surface area contributed by atoms with Gasteiger partial charge < -0.3 is 10.6 Å². The number of nitrogen functional groups attached to an aromatic ring is 1. The molecule has 1 aliphatic heterocycles. The second-order valence-electron chi connectivity index (χ2n) is 9.71. The van der Waals surface area contributed by atoms with Crippen LogP contribution in [0, 0.1) is 17.8 Å². The van der Waals surface area contributed by atoms with Crippen LogP contribution in [0.1, 0.15) is 28.9 Å². The molecule has 0 radical (unpaired) electrons. The topological polar surface area (TPSA) is 103 Å². The summed E-state index contributed by atoms with van der Waals surface area (Å²) in [4.78, 5) is 28.5. The Balaban J connectivity index is 1.14. The number of carbonyl (C=O) groups excluding carboxylic acids is 1. The normalized spacial score (nSPS) is 13.7. The summed E-state index contributed by atoms with van der Waals surface area (Å²) < 4.78 is 1.76. The number of piperidine rings is 1. The lowest BCUT2D eigenvalue weighted by molar-refractivity contribution is 0.0708. The molecule has 1 aromatic carbocycles. The van der Waals surface area contributed by atoms with Crippen LogP contribution in [-0.2, 0) is 7.05 Å². The van der Waals surface area contributed by atoms with E-state index in [4.69, 9.17) is 10.7 Å². The fourth-order valence-electron chi connectivity index (χ4n) is 4.88. The Bertz CT molecular complexity index is 1720. The SMILES string of the molecule is Cn1cc(-c2cc3ncccc3c(C#CC3CCN(C(=O)c4ccc(-c5ccnc(N)c5)cc4)CC3)n2)cn1. The maximum absolute atomic E-state index is 13.1. The molecule has 4 aromatic heterocycles. The highest BCUT2D eigenvalue weighted by atomic mass is 16.2. The molecule has 0 spiro atoms. The maximum atomic E-state index is 13.1. The number of rotatable bonds is 3. The highest BCUT2D eigenvalue weighted by molar-refractivity contribution is 5.95. The van der Waals surface area contributed by atoms with Gasteiger partial charge in [0.05, 0.1) is 17.4 Å². The van der Waals surface area contributed by atoms with Crippen molar-refractivity contribution in [2.45, 2.75) is 12.8 Å². The maximum Gasteiger partial charge on any atom is 0.253 e. The van der Waals surface area contributed by atoms with Gasteiger partial charge in [0, 0.05) is 61.2 Å². The number of nitrogens with zero attached hydrogens (tertiary/aromatic N) is 6. The van der Waals surface area contributed by atoms with Crippen molar-refractivity contribution in [3.8, 4) is 34.2 Å². The Kier molecular flexibility index (Phi) is 6.47. The monoisotopic (exact) mass is 513 g/mol. The van der Waals surface area contributed by atoms with Gasteiger partial charge in [-0.1, -0.05) is 18.1 Å². The van der Waals surface area contributed by atoms with E-state index in [0.717, 1.165) is 46.1 Å². The molecule has 6 rings (SSSR count). The first kappa shape index (κ1) is 24.3. The molecule has 1 saturated heterocycles. The molecule has 5 aromatic rings. The molecule has 0 unspecified atom stereocenters. The number of carbonyl (C=O) groups is 1. The van der Waals surface area contributed by atoms with E-state index >= 15 is 0 Å². The molecule has 8 heteroatoms. The quantitative estimate of drug-likeness (QED) is 0.354. The van der Waals surface area contributed by atoms with Crippen LogP contribution in [0.25, 0.3) is 33.3 Å². The van der Waals surface area contributed by atoms with Crippen molar-refractivity contribution in [2.75, 3.05) is 18.8 Å². The fourth-order valence-corrected chi connectivity index (χ4v) is 4.88. The van der Waals surface area contributed by atoms with Gasteiger partial charge in [-0.05, 0) is 72.4 Å². The smallest absolute Gasteiger partial charge is 0.253 e. The van der Waals surface area contributed by atoms with Crippen LogP contribution in [0.2, 0.25) is 0 Å². The van der Waals surface area contributed by atoms with E-state index in [1.165, 1.54) is 0 Å². The summed E-state index contributed by atoms with van der Waals surface area (Å²) in [6, 6.07) is 17.3. The van der Waals surface area contributed by atoms with Crippen LogP contribution in [0.5, 0.6) is 0 Å². The van der Waals surface area contributed by atoms with Crippen LogP contribution in [0.15, 0.2) is 79.4 Å². The largest absolute Gasteiger partial charge is 0.384 e. The van der Waals surface area contributed by atoms with Crippen molar-refractivity contribution in [2.24, 2.45) is 13.0 Å². The number of anilines is 1. The van der Waals surface area contributed by atoms with Crippen molar-refractivity contribution in [1.29, 1.82) is 0 Å². The molecule has 1 amide bonds. The van der Waals surface area contributed by atoms with Gasteiger partial charge in [0.1, 0.15) is 11.5 Å². The van der Waals surface area contributed by atoms with Crippen molar-refractivity contribution in [3.05, 3.63) is 90.6 Å². The molecule has 0 aliphatic carbocycles. The number of benzene rings is 1. The molecular formula is C31H27N7O. The molecule has 0 atom stereocenters. The molecule has 39 heavy (non-hydrogen) atoms. The number of nitrogens with two attached hydrogens (primary N) is 1. The average molecular weight is 514 g/mol. The number of aryl methyl sites for hydroxylation is 1. The van der Waals surface area contributed by atoms with E-state index in [1.807, 2.05) is 72.7 Å². The molecule has 0 saturated carbocycles. The lowest BCUT2D eigenvalue weighted by Gasteiger charge is -2.30. The van der Waals surface area contributed by atoms with Crippen LogP contribution in [-0.4, -0.2) is 48.6 Å². The van der Waals surface area contributed by atoms with Crippen LogP contribution in [0.3, 0.4) is 0 Å². The highest BCUT2D eigenvalue weighted by Gasteiger charge is 2.23. The Labute approximate surface area is 226 Å². The predicted molar refractivity (Wildman–Crippen MR) is 151 cm³/mol. The fraction of sp³-hybridized carbons (Fsp3) is 0.194. The van der Waals surface area contributed by atoms with Gasteiger partial charge in [-0.15, -0.1) is 0 Å². The molecule has 2 N–H and O–H groups in total. The van der Waals surface area contributed by atoms with Gasteiger partial charge in [-0.3, -0.25) is 14.5 Å². The number of likely N-dealkylation sites (tertiary alicyclic amines) is 1. The average Bonchev–Trinajstić information content (AvgIpc) is 3.42. The summed E-state index contributed by atoms with van der Waals surface area (Å²) in [6.07, 6.45) is 8.84. The van der Waals surface area contributed by atoms with Crippen LogP contribution in [0.4, 0.5) is 5.82 Å².